The van der Waals surface area contributed by atoms with E-state index in [1.807, 2.05) is 0 Å². The molecule has 1 aromatic carbocycles. The number of amidine groups is 1. The second kappa shape index (κ2) is 6.15. The molecule has 20 heavy (non-hydrogen) atoms. The number of aliphatic imine (C=N–C) groups is 1. The molecule has 2 amide bonds. The molecule has 0 saturated heterocycles. The summed E-state index contributed by atoms with van der Waals surface area (Å²) < 4.78 is 0. The van der Waals surface area contributed by atoms with Gasteiger partial charge in [-0.2, -0.15) is 0 Å². The number of hydrogen-bond donors (Lipinski definition) is 2. The minimum absolute atomic E-state index is 0.0934. The van der Waals surface area contributed by atoms with Gasteiger partial charge in [-0.05, 0) is 12.1 Å². The molecule has 1 aromatic rings. The monoisotopic (exact) mass is 294 g/mol. The van der Waals surface area contributed by atoms with Gasteiger partial charge in [0.25, 0.3) is 5.69 Å². The fraction of sp³-hybridized carbons (Fsp3) is 0.182. The van der Waals surface area contributed by atoms with Crippen LogP contribution in [0.3, 0.4) is 0 Å². The molecule has 0 bridgehead atoms. The summed E-state index contributed by atoms with van der Waals surface area (Å²) in [6.45, 7) is 0.615. The lowest BCUT2D eigenvalue weighted by molar-refractivity contribution is -0.384. The Morgan fingerprint density at radius 2 is 1.85 bits per heavy atom. The first-order valence-corrected chi connectivity index (χ1v) is 6.59. The molecule has 1 heterocycles. The first kappa shape index (κ1) is 14.0. The van der Waals surface area contributed by atoms with Crippen molar-refractivity contribution < 1.29 is 14.5 Å². The van der Waals surface area contributed by atoms with Gasteiger partial charge in [0.2, 0.25) is 0 Å². The van der Waals surface area contributed by atoms with Crippen molar-refractivity contribution in [3.63, 3.8) is 0 Å². The van der Waals surface area contributed by atoms with E-state index >= 15 is 0 Å². The minimum atomic E-state index is -0.853. The van der Waals surface area contributed by atoms with Gasteiger partial charge in [0.1, 0.15) is 0 Å². The first-order chi connectivity index (χ1) is 9.56. The summed E-state index contributed by atoms with van der Waals surface area (Å²) in [6, 6.07) is 5.19. The highest BCUT2D eigenvalue weighted by atomic mass is 32.2. The summed E-state index contributed by atoms with van der Waals surface area (Å²) in [7, 11) is 0. The maximum absolute atomic E-state index is 11.6. The number of benzene rings is 1. The maximum Gasteiger partial charge on any atom is 0.315 e. The number of carbonyl (C=O) groups is 2. The Kier molecular flexibility index (Phi) is 4.31. The van der Waals surface area contributed by atoms with Gasteiger partial charge in [-0.15, -0.1) is 0 Å². The van der Waals surface area contributed by atoms with E-state index in [0.29, 0.717) is 17.4 Å². The van der Waals surface area contributed by atoms with Crippen LogP contribution in [0.25, 0.3) is 0 Å². The van der Waals surface area contributed by atoms with Crippen molar-refractivity contribution in [2.24, 2.45) is 4.99 Å². The Morgan fingerprint density at radius 1 is 1.20 bits per heavy atom. The number of hydrogen-bond acceptors (Lipinski definition) is 6. The molecule has 0 aliphatic carbocycles. The van der Waals surface area contributed by atoms with E-state index in [4.69, 9.17) is 0 Å². The van der Waals surface area contributed by atoms with Crippen LogP contribution in [0.15, 0.2) is 29.3 Å². The van der Waals surface area contributed by atoms with Crippen molar-refractivity contribution in [3.05, 3.63) is 34.4 Å². The average molecular weight is 294 g/mol. The van der Waals surface area contributed by atoms with Crippen LogP contribution in [-0.2, 0) is 9.59 Å². The van der Waals surface area contributed by atoms with E-state index in [0.717, 1.165) is 5.75 Å². The fourth-order valence-corrected chi connectivity index (χ4v) is 2.14. The number of anilines is 1. The van der Waals surface area contributed by atoms with Crippen molar-refractivity contribution in [1.82, 2.24) is 5.32 Å². The van der Waals surface area contributed by atoms with Crippen molar-refractivity contribution in [1.29, 1.82) is 0 Å². The summed E-state index contributed by atoms with van der Waals surface area (Å²) in [5, 5.41) is 15.6. The quantitative estimate of drug-likeness (QED) is 0.474. The zero-order chi connectivity index (χ0) is 14.5. The van der Waals surface area contributed by atoms with E-state index in [1.54, 1.807) is 0 Å². The van der Waals surface area contributed by atoms with Gasteiger partial charge >= 0.3 is 11.8 Å². The predicted molar refractivity (Wildman–Crippen MR) is 74.6 cm³/mol. The Bertz CT molecular complexity index is 585. The lowest BCUT2D eigenvalue weighted by atomic mass is 10.3. The molecule has 9 heteroatoms. The highest BCUT2D eigenvalue weighted by molar-refractivity contribution is 8.14. The number of nitrogens with one attached hydrogen (secondary N) is 2. The lowest BCUT2D eigenvalue weighted by Gasteiger charge is -2.05. The molecular formula is C11H10N4O4S. The molecule has 104 valence electrons. The molecule has 0 fully saturated rings. The van der Waals surface area contributed by atoms with Gasteiger partial charge in [0.15, 0.2) is 5.17 Å². The summed E-state index contributed by atoms with van der Waals surface area (Å²) in [4.78, 5) is 37.1. The van der Waals surface area contributed by atoms with Gasteiger partial charge in [-0.1, -0.05) is 11.8 Å². The van der Waals surface area contributed by atoms with Gasteiger partial charge < -0.3 is 5.32 Å². The molecule has 1 aliphatic heterocycles. The number of thioether (sulfide) groups is 1. The summed E-state index contributed by atoms with van der Waals surface area (Å²) in [5.41, 5.74) is 0.209. The number of nitro groups is 1. The van der Waals surface area contributed by atoms with Crippen LogP contribution in [-0.4, -0.2) is 34.2 Å². The Balaban J connectivity index is 1.93. The van der Waals surface area contributed by atoms with Crippen LogP contribution < -0.4 is 10.6 Å². The second-order valence-electron chi connectivity index (χ2n) is 3.75. The maximum atomic E-state index is 11.6. The van der Waals surface area contributed by atoms with E-state index in [2.05, 4.69) is 15.6 Å². The van der Waals surface area contributed by atoms with E-state index in [-0.39, 0.29) is 5.69 Å². The van der Waals surface area contributed by atoms with Crippen molar-refractivity contribution in [2.75, 3.05) is 17.6 Å². The molecule has 0 radical (unpaired) electrons. The lowest BCUT2D eigenvalue weighted by Crippen LogP contribution is -2.37. The third-order valence-corrected chi connectivity index (χ3v) is 3.24. The Morgan fingerprint density at radius 3 is 2.40 bits per heavy atom. The highest BCUT2D eigenvalue weighted by Gasteiger charge is 2.18. The van der Waals surface area contributed by atoms with Gasteiger partial charge in [-0.3, -0.25) is 30.0 Å². The number of non-ortho nitro benzene ring substituents is 1. The number of carbonyl (C=O) groups excluding carboxylic acids is 2. The number of rotatable bonds is 2. The third-order valence-electron chi connectivity index (χ3n) is 2.35. The molecule has 0 saturated carbocycles. The van der Waals surface area contributed by atoms with Gasteiger partial charge in [0, 0.05) is 23.6 Å². The molecule has 0 atom stereocenters. The predicted octanol–water partition coefficient (Wildman–Crippen LogP) is 0.752. The molecular weight excluding hydrogens is 284 g/mol. The smallest absolute Gasteiger partial charge is 0.315 e. The van der Waals surface area contributed by atoms with Crippen molar-refractivity contribution in [2.45, 2.75) is 0 Å². The van der Waals surface area contributed by atoms with E-state index in [9.17, 15) is 19.7 Å². The largest absolute Gasteiger partial charge is 0.318 e. The van der Waals surface area contributed by atoms with Crippen molar-refractivity contribution in [3.8, 4) is 0 Å². The number of amides is 2. The topological polar surface area (TPSA) is 114 Å². The second-order valence-corrected chi connectivity index (χ2v) is 4.83. The molecule has 0 spiro atoms. The standard InChI is InChI=1S/C11H10N4O4S/c16-9(10(17)14-11-12-5-6-20-11)13-7-1-3-8(4-2-7)15(18)19/h1-4H,5-6H2,(H,13,16)(H,12,14,17). The average Bonchev–Trinajstić information content (AvgIpc) is 2.92. The molecule has 0 aromatic heterocycles. The number of nitrogens with zero attached hydrogens (tertiary/aromatic N) is 2. The molecule has 2 N–H and O–H groups in total. The summed E-state index contributed by atoms with van der Waals surface area (Å²) in [5.74, 6) is -0.898. The van der Waals surface area contributed by atoms with Crippen LogP contribution in [0.4, 0.5) is 11.4 Å². The SMILES string of the molecule is O=C(NC1=NCCS1)C(=O)Nc1ccc([N+](=O)[O-])cc1. The summed E-state index contributed by atoms with van der Waals surface area (Å²) in [6.07, 6.45) is 0. The third kappa shape index (κ3) is 3.54. The van der Waals surface area contributed by atoms with E-state index in [1.165, 1.54) is 36.0 Å². The minimum Gasteiger partial charge on any atom is -0.318 e. The first-order valence-electron chi connectivity index (χ1n) is 5.60. The molecule has 1 aliphatic rings. The number of nitro benzene ring substituents is 1. The normalized spacial score (nSPS) is 13.5. The van der Waals surface area contributed by atoms with E-state index < -0.39 is 16.7 Å². The van der Waals surface area contributed by atoms with Gasteiger partial charge in [0.05, 0.1) is 11.5 Å². The van der Waals surface area contributed by atoms with Crippen molar-refractivity contribution >= 4 is 40.1 Å². The van der Waals surface area contributed by atoms with Crippen LogP contribution in [0.5, 0.6) is 0 Å². The Labute approximate surface area is 117 Å². The highest BCUT2D eigenvalue weighted by Crippen LogP contribution is 2.15. The summed E-state index contributed by atoms with van der Waals surface area (Å²) >= 11 is 1.36. The zero-order valence-corrected chi connectivity index (χ0v) is 11.0. The molecule has 2 rings (SSSR count). The zero-order valence-electron chi connectivity index (χ0n) is 10.2. The van der Waals surface area contributed by atoms with Crippen LogP contribution >= 0.6 is 11.8 Å². The van der Waals surface area contributed by atoms with Crippen LogP contribution in [0.1, 0.15) is 0 Å². The Hall–Kier alpha value is -2.42. The van der Waals surface area contributed by atoms with Gasteiger partial charge in [-0.25, -0.2) is 0 Å². The van der Waals surface area contributed by atoms with Crippen LogP contribution in [0, 0.1) is 10.1 Å². The molecule has 8 nitrogen and oxygen atoms in total. The van der Waals surface area contributed by atoms with Crippen LogP contribution in [0.2, 0.25) is 0 Å². The fourth-order valence-electron chi connectivity index (χ4n) is 1.42. The molecule has 0 unspecified atom stereocenters.